The van der Waals surface area contributed by atoms with Crippen LogP contribution in [0.1, 0.15) is 0 Å². The third-order valence-electron chi connectivity index (χ3n) is 11.3. The van der Waals surface area contributed by atoms with Gasteiger partial charge in [0.05, 0.1) is 27.3 Å². The monoisotopic (exact) mass is 795 g/mol. The Morgan fingerprint density at radius 2 is 0.787 bits per heavy atom. The molecule has 0 saturated heterocycles. The van der Waals surface area contributed by atoms with Gasteiger partial charge in [-0.25, -0.2) is 15.0 Å². The molecule has 11 aromatic rings. The first-order valence-corrected chi connectivity index (χ1v) is 21.3. The summed E-state index contributed by atoms with van der Waals surface area (Å²) >= 11 is 1.82. The van der Waals surface area contributed by atoms with E-state index in [0.29, 0.717) is 5.82 Å². The smallest absolute Gasteiger partial charge is 0.160 e. The highest BCUT2D eigenvalue weighted by Crippen LogP contribution is 2.50. The lowest BCUT2D eigenvalue weighted by Gasteiger charge is -2.12. The van der Waals surface area contributed by atoms with Crippen LogP contribution in [0.4, 0.5) is 0 Å². The van der Waals surface area contributed by atoms with E-state index in [9.17, 15) is 0 Å². The van der Waals surface area contributed by atoms with Crippen molar-refractivity contribution in [1.82, 2.24) is 15.0 Å². The molecule has 3 heterocycles. The molecule has 8 aromatic carbocycles. The molecule has 0 aliphatic carbocycles. The summed E-state index contributed by atoms with van der Waals surface area (Å²) in [5, 5.41) is 2.37. The SMILES string of the molecule is c1ccc(-c2cccc(-c3cc(-c4ccc(-c5sc6c(-c7ccccc7)nc7ccccc7c6c5-c5cccc(-c6ccccc6)c5)cc4)nc(-c4ccccc4)n3)c2)cc1. The zero-order chi connectivity index (χ0) is 40.5. The second-order valence-corrected chi connectivity index (χ2v) is 16.2. The third kappa shape index (κ3) is 6.99. The van der Waals surface area contributed by atoms with Crippen LogP contribution in [-0.4, -0.2) is 15.0 Å². The summed E-state index contributed by atoms with van der Waals surface area (Å²) in [6.45, 7) is 0. The van der Waals surface area contributed by atoms with E-state index in [1.165, 1.54) is 42.8 Å². The average Bonchev–Trinajstić information content (AvgIpc) is 3.76. The molecule has 3 aromatic heterocycles. The number of hydrogen-bond acceptors (Lipinski definition) is 4. The Bertz CT molecular complexity index is 3320. The number of pyridine rings is 1. The van der Waals surface area contributed by atoms with Gasteiger partial charge in [0, 0.05) is 43.5 Å². The maximum atomic E-state index is 5.32. The number of benzene rings is 8. The first kappa shape index (κ1) is 36.3. The Labute approximate surface area is 359 Å². The van der Waals surface area contributed by atoms with Gasteiger partial charge in [-0.3, -0.25) is 0 Å². The Morgan fingerprint density at radius 3 is 1.43 bits per heavy atom. The zero-order valence-electron chi connectivity index (χ0n) is 33.1. The van der Waals surface area contributed by atoms with Crippen LogP contribution in [-0.2, 0) is 0 Å². The molecule has 0 spiro atoms. The van der Waals surface area contributed by atoms with Gasteiger partial charge in [-0.2, -0.15) is 0 Å². The zero-order valence-corrected chi connectivity index (χ0v) is 33.9. The van der Waals surface area contributed by atoms with Crippen LogP contribution in [0.15, 0.2) is 224 Å². The van der Waals surface area contributed by atoms with Crippen LogP contribution < -0.4 is 0 Å². The molecule has 0 aliphatic heterocycles. The van der Waals surface area contributed by atoms with Gasteiger partial charge in [-0.05, 0) is 57.6 Å². The lowest BCUT2D eigenvalue weighted by molar-refractivity contribution is 1.18. The fourth-order valence-corrected chi connectivity index (χ4v) is 9.66. The van der Waals surface area contributed by atoms with Gasteiger partial charge in [0.1, 0.15) is 0 Å². The number of nitrogens with zero attached hydrogens (tertiary/aromatic N) is 3. The predicted molar refractivity (Wildman–Crippen MR) is 256 cm³/mol. The standard InChI is InChI=1S/C57H37N3S/c1-5-17-38(18-6-1)44-25-15-27-46(35-44)51-37-50(59-57(60-51)43-23-11-4-12-24-43)40-31-33-42(34-32-40)55-52(47-28-16-26-45(36-47)39-19-7-2-8-20-39)53-48-29-13-14-30-49(48)58-54(56(53)61-55)41-21-9-3-10-22-41/h1-37H. The Hall–Kier alpha value is -7.79. The first-order valence-electron chi connectivity index (χ1n) is 20.5. The van der Waals surface area contributed by atoms with Crippen molar-refractivity contribution in [1.29, 1.82) is 0 Å². The highest BCUT2D eigenvalue weighted by atomic mass is 32.1. The van der Waals surface area contributed by atoms with Crippen molar-refractivity contribution in [3.63, 3.8) is 0 Å². The van der Waals surface area contributed by atoms with Crippen LogP contribution in [0, 0.1) is 0 Å². The number of fused-ring (bicyclic) bond motifs is 3. The van der Waals surface area contributed by atoms with E-state index in [-0.39, 0.29) is 0 Å². The summed E-state index contributed by atoms with van der Waals surface area (Å²) in [7, 11) is 0. The highest BCUT2D eigenvalue weighted by Gasteiger charge is 2.23. The van der Waals surface area contributed by atoms with Crippen molar-refractivity contribution < 1.29 is 0 Å². The summed E-state index contributed by atoms with van der Waals surface area (Å²) in [6.07, 6.45) is 0. The van der Waals surface area contributed by atoms with Crippen molar-refractivity contribution >= 4 is 32.3 Å². The molecular weight excluding hydrogens is 759 g/mol. The molecule has 11 rings (SSSR count). The molecule has 0 unspecified atom stereocenters. The number of hydrogen-bond donors (Lipinski definition) is 0. The molecular formula is C57H37N3S. The summed E-state index contributed by atoms with van der Waals surface area (Å²) in [6, 6.07) is 79.1. The maximum Gasteiger partial charge on any atom is 0.160 e. The normalized spacial score (nSPS) is 11.3. The van der Waals surface area contributed by atoms with Gasteiger partial charge in [-0.1, -0.05) is 200 Å². The minimum absolute atomic E-state index is 0.695. The van der Waals surface area contributed by atoms with E-state index in [1.54, 1.807) is 0 Å². The fraction of sp³-hybridized carbons (Fsp3) is 0. The largest absolute Gasteiger partial charge is 0.246 e. The lowest BCUT2D eigenvalue weighted by Crippen LogP contribution is -1.96. The van der Waals surface area contributed by atoms with Gasteiger partial charge in [0.2, 0.25) is 0 Å². The Balaban J connectivity index is 1.09. The van der Waals surface area contributed by atoms with Gasteiger partial charge in [0.15, 0.2) is 5.82 Å². The van der Waals surface area contributed by atoms with Crippen molar-refractivity contribution in [2.75, 3.05) is 0 Å². The third-order valence-corrected chi connectivity index (χ3v) is 12.5. The number of rotatable bonds is 8. The molecule has 0 atom stereocenters. The highest BCUT2D eigenvalue weighted by molar-refractivity contribution is 7.23. The molecule has 0 radical (unpaired) electrons. The van der Waals surface area contributed by atoms with Crippen molar-refractivity contribution in [3.8, 4) is 89.0 Å². The van der Waals surface area contributed by atoms with Crippen LogP contribution >= 0.6 is 11.3 Å². The second kappa shape index (κ2) is 15.8. The van der Waals surface area contributed by atoms with Crippen LogP contribution in [0.25, 0.3) is 110 Å². The molecule has 0 N–H and O–H groups in total. The van der Waals surface area contributed by atoms with Crippen LogP contribution in [0.5, 0.6) is 0 Å². The number of para-hydroxylation sites is 1. The quantitative estimate of drug-likeness (QED) is 0.154. The predicted octanol–water partition coefficient (Wildman–Crippen LogP) is 15.6. The molecule has 0 fully saturated rings. The van der Waals surface area contributed by atoms with Gasteiger partial charge in [0.25, 0.3) is 0 Å². The van der Waals surface area contributed by atoms with Crippen molar-refractivity contribution in [3.05, 3.63) is 224 Å². The maximum absolute atomic E-state index is 5.32. The van der Waals surface area contributed by atoms with Crippen molar-refractivity contribution in [2.45, 2.75) is 0 Å². The number of thiophene rings is 1. The fourth-order valence-electron chi connectivity index (χ4n) is 8.30. The molecule has 61 heavy (non-hydrogen) atoms. The summed E-state index contributed by atoms with van der Waals surface area (Å²) < 4.78 is 1.18. The van der Waals surface area contributed by atoms with E-state index in [0.717, 1.165) is 61.4 Å². The lowest BCUT2D eigenvalue weighted by atomic mass is 9.93. The molecule has 0 amide bonds. The van der Waals surface area contributed by atoms with Gasteiger partial charge >= 0.3 is 0 Å². The minimum atomic E-state index is 0.695. The molecule has 4 heteroatoms. The number of aromatic nitrogens is 3. The first-order chi connectivity index (χ1) is 30.2. The van der Waals surface area contributed by atoms with E-state index in [2.05, 4.69) is 200 Å². The van der Waals surface area contributed by atoms with E-state index >= 15 is 0 Å². The second-order valence-electron chi connectivity index (χ2n) is 15.2. The van der Waals surface area contributed by atoms with Gasteiger partial charge < -0.3 is 0 Å². The molecule has 286 valence electrons. The molecule has 3 nitrogen and oxygen atoms in total. The van der Waals surface area contributed by atoms with E-state index < -0.39 is 0 Å². The van der Waals surface area contributed by atoms with Gasteiger partial charge in [-0.15, -0.1) is 11.3 Å². The topological polar surface area (TPSA) is 38.7 Å². The summed E-state index contributed by atoms with van der Waals surface area (Å²) in [4.78, 5) is 16.8. The van der Waals surface area contributed by atoms with Crippen LogP contribution in [0.3, 0.4) is 0 Å². The average molecular weight is 796 g/mol. The summed E-state index contributed by atoms with van der Waals surface area (Å²) in [5.41, 5.74) is 16.1. The summed E-state index contributed by atoms with van der Waals surface area (Å²) in [5.74, 6) is 0.695. The Morgan fingerprint density at radius 1 is 0.311 bits per heavy atom. The van der Waals surface area contributed by atoms with E-state index in [4.69, 9.17) is 15.0 Å². The molecule has 0 saturated carbocycles. The Kier molecular flexibility index (Phi) is 9.38. The minimum Gasteiger partial charge on any atom is -0.246 e. The van der Waals surface area contributed by atoms with Crippen LogP contribution in [0.2, 0.25) is 0 Å². The van der Waals surface area contributed by atoms with Crippen molar-refractivity contribution in [2.24, 2.45) is 0 Å². The van der Waals surface area contributed by atoms with E-state index in [1.807, 2.05) is 35.6 Å². The molecule has 0 bridgehead atoms. The molecule has 0 aliphatic rings.